The molecule has 0 saturated heterocycles. The van der Waals surface area contributed by atoms with Crippen molar-refractivity contribution in [3.8, 4) is 0 Å². The Hall–Kier alpha value is 0.1000. The number of hydrogen-bond acceptors (Lipinski definition) is 3. The molecule has 1 unspecified atom stereocenters. The summed E-state index contributed by atoms with van der Waals surface area (Å²) in [6, 6.07) is 2.44. The van der Waals surface area contributed by atoms with Crippen LogP contribution in [0.4, 0.5) is 0 Å². The molecule has 0 aliphatic rings. The van der Waals surface area contributed by atoms with Crippen molar-refractivity contribution in [3.63, 3.8) is 0 Å². The number of rotatable bonds is 7. The van der Waals surface area contributed by atoms with E-state index in [2.05, 4.69) is 53.5 Å². The zero-order valence-electron chi connectivity index (χ0n) is 11.0. The molecule has 1 atom stereocenters. The van der Waals surface area contributed by atoms with Crippen molar-refractivity contribution in [1.82, 2.24) is 5.32 Å². The highest BCUT2D eigenvalue weighted by molar-refractivity contribution is 9.10. The molecule has 98 valence electrons. The lowest BCUT2D eigenvalue weighted by Crippen LogP contribution is -2.49. The smallest absolute Gasteiger partial charge is 0.0778 e. The van der Waals surface area contributed by atoms with Gasteiger partial charge in [0.2, 0.25) is 0 Å². The number of nitrogens with one attached hydrogen (secondary N) is 1. The average Bonchev–Trinajstić information content (AvgIpc) is 2.70. The van der Waals surface area contributed by atoms with Crippen LogP contribution in [0.2, 0.25) is 0 Å². The highest BCUT2D eigenvalue weighted by Gasteiger charge is 2.29. The first-order valence-corrected chi connectivity index (χ1v) is 7.69. The molecule has 1 aromatic heterocycles. The number of ether oxygens (including phenoxy) is 1. The van der Waals surface area contributed by atoms with Crippen molar-refractivity contribution in [2.75, 3.05) is 13.7 Å². The molecule has 2 nitrogen and oxygen atoms in total. The lowest BCUT2D eigenvalue weighted by atomic mass is 9.94. The van der Waals surface area contributed by atoms with Crippen LogP contribution < -0.4 is 5.32 Å². The maximum Gasteiger partial charge on any atom is 0.0778 e. The second kappa shape index (κ2) is 6.88. The van der Waals surface area contributed by atoms with E-state index in [-0.39, 0.29) is 5.60 Å². The topological polar surface area (TPSA) is 21.3 Å². The van der Waals surface area contributed by atoms with Crippen LogP contribution in [0.25, 0.3) is 0 Å². The third-order valence-corrected chi connectivity index (χ3v) is 5.04. The summed E-state index contributed by atoms with van der Waals surface area (Å²) in [4.78, 5) is 1.38. The maximum atomic E-state index is 5.61. The number of thiophene rings is 1. The summed E-state index contributed by atoms with van der Waals surface area (Å²) in [5.74, 6) is 0. The van der Waals surface area contributed by atoms with Gasteiger partial charge in [-0.3, -0.25) is 0 Å². The Labute approximate surface area is 117 Å². The maximum absolute atomic E-state index is 5.61. The van der Waals surface area contributed by atoms with Gasteiger partial charge in [0.15, 0.2) is 0 Å². The van der Waals surface area contributed by atoms with Crippen LogP contribution in [-0.2, 0) is 11.2 Å². The molecule has 0 saturated carbocycles. The SMILES string of the molecule is CCCNC(Cc1sccc1Br)C(C)(C)OC. The first-order chi connectivity index (χ1) is 8.01. The van der Waals surface area contributed by atoms with E-state index in [0.717, 1.165) is 19.4 Å². The summed E-state index contributed by atoms with van der Waals surface area (Å²) < 4.78 is 6.82. The molecule has 0 aromatic carbocycles. The predicted octanol–water partition coefficient (Wildman–Crippen LogP) is 3.85. The minimum Gasteiger partial charge on any atom is -0.377 e. The van der Waals surface area contributed by atoms with Crippen molar-refractivity contribution in [2.24, 2.45) is 0 Å². The molecule has 0 spiro atoms. The van der Waals surface area contributed by atoms with Crippen molar-refractivity contribution >= 4 is 27.3 Å². The number of halogens is 1. The standard InChI is InChI=1S/C13H22BrNOS/c1-5-7-15-12(13(2,3)16-4)9-11-10(14)6-8-17-11/h6,8,12,15H,5,7,9H2,1-4H3. The molecule has 0 amide bonds. The van der Waals surface area contributed by atoms with Crippen molar-refractivity contribution in [3.05, 3.63) is 20.8 Å². The van der Waals surface area contributed by atoms with E-state index in [0.29, 0.717) is 6.04 Å². The molecule has 0 radical (unpaired) electrons. The van der Waals surface area contributed by atoms with Gasteiger partial charge in [-0.05, 0) is 54.2 Å². The fourth-order valence-corrected chi connectivity index (χ4v) is 3.24. The van der Waals surface area contributed by atoms with Gasteiger partial charge in [-0.25, -0.2) is 0 Å². The van der Waals surface area contributed by atoms with Gasteiger partial charge in [-0.15, -0.1) is 11.3 Å². The summed E-state index contributed by atoms with van der Waals surface area (Å²) in [6.45, 7) is 7.50. The summed E-state index contributed by atoms with van der Waals surface area (Å²) in [6.07, 6.45) is 2.14. The molecule has 1 N–H and O–H groups in total. The molecule has 17 heavy (non-hydrogen) atoms. The Morgan fingerprint density at radius 1 is 1.53 bits per heavy atom. The van der Waals surface area contributed by atoms with Gasteiger partial charge >= 0.3 is 0 Å². The third-order valence-electron chi connectivity index (χ3n) is 3.09. The minimum atomic E-state index is -0.154. The molecular formula is C13H22BrNOS. The molecular weight excluding hydrogens is 298 g/mol. The van der Waals surface area contributed by atoms with Crippen LogP contribution in [0.5, 0.6) is 0 Å². The summed E-state index contributed by atoms with van der Waals surface area (Å²) in [5, 5.41) is 5.71. The molecule has 0 fully saturated rings. The van der Waals surface area contributed by atoms with Crippen molar-refractivity contribution < 1.29 is 4.74 Å². The van der Waals surface area contributed by atoms with Gasteiger partial charge in [0, 0.05) is 28.9 Å². The average molecular weight is 320 g/mol. The molecule has 1 heterocycles. The molecule has 0 bridgehead atoms. The van der Waals surface area contributed by atoms with Crippen LogP contribution in [0, 0.1) is 0 Å². The van der Waals surface area contributed by atoms with E-state index in [4.69, 9.17) is 4.74 Å². The lowest BCUT2D eigenvalue weighted by molar-refractivity contribution is -0.00980. The highest BCUT2D eigenvalue weighted by Crippen LogP contribution is 2.27. The highest BCUT2D eigenvalue weighted by atomic mass is 79.9. The molecule has 1 aromatic rings. The quantitative estimate of drug-likeness (QED) is 0.824. The van der Waals surface area contributed by atoms with E-state index in [9.17, 15) is 0 Å². The normalized spacial score (nSPS) is 13.9. The van der Waals surface area contributed by atoms with Gasteiger partial charge in [-0.2, -0.15) is 0 Å². The fourth-order valence-electron chi connectivity index (χ4n) is 1.68. The second-order valence-electron chi connectivity index (χ2n) is 4.71. The van der Waals surface area contributed by atoms with Gasteiger partial charge < -0.3 is 10.1 Å². The first kappa shape index (κ1) is 15.2. The zero-order valence-corrected chi connectivity index (χ0v) is 13.5. The monoisotopic (exact) mass is 319 g/mol. The Balaban J connectivity index is 2.73. The second-order valence-corrected chi connectivity index (χ2v) is 6.57. The minimum absolute atomic E-state index is 0.154. The number of methoxy groups -OCH3 is 1. The van der Waals surface area contributed by atoms with Crippen molar-refractivity contribution in [1.29, 1.82) is 0 Å². The van der Waals surface area contributed by atoms with E-state index >= 15 is 0 Å². The van der Waals surface area contributed by atoms with Gasteiger partial charge in [0.05, 0.1) is 5.60 Å². The first-order valence-electron chi connectivity index (χ1n) is 6.01. The Kier molecular flexibility index (Phi) is 6.13. The summed E-state index contributed by atoms with van der Waals surface area (Å²) in [7, 11) is 1.78. The fraction of sp³-hybridized carbons (Fsp3) is 0.692. The molecule has 0 aliphatic heterocycles. The molecule has 0 aliphatic carbocycles. The van der Waals surface area contributed by atoms with Crippen LogP contribution in [0.1, 0.15) is 32.1 Å². The van der Waals surface area contributed by atoms with Crippen molar-refractivity contribution in [2.45, 2.75) is 45.3 Å². The predicted molar refractivity (Wildman–Crippen MR) is 78.9 cm³/mol. The van der Waals surface area contributed by atoms with E-state index < -0.39 is 0 Å². The summed E-state index contributed by atoms with van der Waals surface area (Å²) >= 11 is 5.39. The largest absolute Gasteiger partial charge is 0.377 e. The Morgan fingerprint density at radius 2 is 2.24 bits per heavy atom. The Bertz CT molecular complexity index is 338. The number of hydrogen-bond donors (Lipinski definition) is 1. The lowest BCUT2D eigenvalue weighted by Gasteiger charge is -2.34. The zero-order chi connectivity index (χ0) is 12.9. The third kappa shape index (κ3) is 4.36. The molecule has 1 rings (SSSR count). The molecule has 4 heteroatoms. The summed E-state index contributed by atoms with van der Waals surface area (Å²) in [5.41, 5.74) is -0.154. The van der Waals surface area contributed by atoms with Crippen LogP contribution in [0.15, 0.2) is 15.9 Å². The Morgan fingerprint density at radius 3 is 2.71 bits per heavy atom. The van der Waals surface area contributed by atoms with Gasteiger partial charge in [-0.1, -0.05) is 6.92 Å². The van der Waals surface area contributed by atoms with Gasteiger partial charge in [0.1, 0.15) is 0 Å². The van der Waals surface area contributed by atoms with E-state index in [1.54, 1.807) is 18.4 Å². The van der Waals surface area contributed by atoms with Crippen LogP contribution in [-0.4, -0.2) is 25.3 Å². The van der Waals surface area contributed by atoms with Crippen LogP contribution in [0.3, 0.4) is 0 Å². The van der Waals surface area contributed by atoms with E-state index in [1.807, 2.05) is 0 Å². The van der Waals surface area contributed by atoms with Crippen LogP contribution >= 0.6 is 27.3 Å². The van der Waals surface area contributed by atoms with Gasteiger partial charge in [0.25, 0.3) is 0 Å². The van der Waals surface area contributed by atoms with E-state index in [1.165, 1.54) is 9.35 Å².